The zero-order valence-electron chi connectivity index (χ0n) is 20.3. The maximum absolute atomic E-state index is 13.6. The topological polar surface area (TPSA) is 49.4 Å². The lowest BCUT2D eigenvalue weighted by Crippen LogP contribution is -2.51. The molecule has 0 fully saturated rings. The van der Waals surface area contributed by atoms with Gasteiger partial charge in [-0.2, -0.15) is 0 Å². The van der Waals surface area contributed by atoms with E-state index in [2.05, 4.69) is 24.4 Å². The van der Waals surface area contributed by atoms with Gasteiger partial charge in [-0.05, 0) is 43.0 Å². The Morgan fingerprint density at radius 1 is 0.882 bits per heavy atom. The molecular formula is C29H34N2O2S. The second-order valence-electron chi connectivity index (χ2n) is 8.53. The van der Waals surface area contributed by atoms with Crippen LogP contribution in [0.1, 0.15) is 34.7 Å². The summed E-state index contributed by atoms with van der Waals surface area (Å²) in [6, 6.07) is 25.7. The van der Waals surface area contributed by atoms with Crippen LogP contribution in [0.4, 0.5) is 0 Å². The quantitative estimate of drug-likeness (QED) is 0.410. The van der Waals surface area contributed by atoms with E-state index in [0.29, 0.717) is 25.3 Å². The summed E-state index contributed by atoms with van der Waals surface area (Å²) in [6.45, 7) is 6.97. The standard InChI is InChI=1S/C29H34N2O2S/c1-4-30-29(33)27(18-24-11-6-5-7-12-24)31(19-25-16-14-22(2)15-17-25)28(32)21-34-20-26-13-9-8-10-23(26)3/h5-17,27H,4,18-21H2,1-3H3,(H,30,33)/t27-/m1/s1. The molecule has 0 heterocycles. The fourth-order valence-corrected chi connectivity index (χ4v) is 4.83. The molecule has 2 amide bonds. The molecule has 34 heavy (non-hydrogen) atoms. The molecule has 1 atom stereocenters. The molecule has 3 rings (SSSR count). The molecule has 0 aliphatic carbocycles. The Balaban J connectivity index is 1.82. The largest absolute Gasteiger partial charge is 0.355 e. The van der Waals surface area contributed by atoms with Crippen molar-refractivity contribution in [1.29, 1.82) is 0 Å². The van der Waals surface area contributed by atoms with Crippen LogP contribution in [0.2, 0.25) is 0 Å². The first kappa shape index (κ1) is 25.6. The molecule has 3 aromatic carbocycles. The molecule has 178 valence electrons. The van der Waals surface area contributed by atoms with Crippen molar-refractivity contribution >= 4 is 23.6 Å². The molecule has 4 nitrogen and oxygen atoms in total. The van der Waals surface area contributed by atoms with E-state index in [1.165, 1.54) is 16.7 Å². The predicted octanol–water partition coefficient (Wildman–Crippen LogP) is 5.31. The number of nitrogens with zero attached hydrogens (tertiary/aromatic N) is 1. The summed E-state index contributed by atoms with van der Waals surface area (Å²) in [7, 11) is 0. The van der Waals surface area contributed by atoms with Crippen LogP contribution in [0, 0.1) is 13.8 Å². The zero-order valence-corrected chi connectivity index (χ0v) is 21.1. The van der Waals surface area contributed by atoms with E-state index in [9.17, 15) is 9.59 Å². The Bertz CT molecular complexity index is 1070. The normalized spacial score (nSPS) is 11.6. The summed E-state index contributed by atoms with van der Waals surface area (Å²) in [5.41, 5.74) is 5.68. The molecule has 0 aliphatic heterocycles. The zero-order chi connectivity index (χ0) is 24.3. The smallest absolute Gasteiger partial charge is 0.243 e. The highest BCUT2D eigenvalue weighted by Crippen LogP contribution is 2.20. The monoisotopic (exact) mass is 474 g/mol. The number of thioether (sulfide) groups is 1. The summed E-state index contributed by atoms with van der Waals surface area (Å²) in [6.07, 6.45) is 0.479. The van der Waals surface area contributed by atoms with E-state index >= 15 is 0 Å². The summed E-state index contributed by atoms with van der Waals surface area (Å²) < 4.78 is 0. The lowest BCUT2D eigenvalue weighted by molar-refractivity contribution is -0.139. The van der Waals surface area contributed by atoms with E-state index in [0.717, 1.165) is 16.9 Å². The third-order valence-corrected chi connectivity index (χ3v) is 6.81. The number of carbonyl (C=O) groups is 2. The van der Waals surface area contributed by atoms with Gasteiger partial charge in [-0.25, -0.2) is 0 Å². The van der Waals surface area contributed by atoms with E-state index in [1.54, 1.807) is 16.7 Å². The van der Waals surface area contributed by atoms with Crippen molar-refractivity contribution in [2.45, 2.75) is 45.5 Å². The molecule has 0 aromatic heterocycles. The third-order valence-electron chi connectivity index (χ3n) is 5.84. The van der Waals surface area contributed by atoms with Crippen LogP contribution in [0.15, 0.2) is 78.9 Å². The third kappa shape index (κ3) is 7.49. The molecule has 1 N–H and O–H groups in total. The Hall–Kier alpha value is -3.05. The average Bonchev–Trinajstić information content (AvgIpc) is 2.84. The minimum atomic E-state index is -0.574. The van der Waals surface area contributed by atoms with Gasteiger partial charge in [0, 0.05) is 25.3 Å². The van der Waals surface area contributed by atoms with Crippen molar-refractivity contribution in [3.05, 3.63) is 107 Å². The number of rotatable bonds is 11. The van der Waals surface area contributed by atoms with Crippen LogP contribution in [0.3, 0.4) is 0 Å². The van der Waals surface area contributed by atoms with Gasteiger partial charge >= 0.3 is 0 Å². The second-order valence-corrected chi connectivity index (χ2v) is 9.51. The van der Waals surface area contributed by atoms with Crippen molar-refractivity contribution < 1.29 is 9.59 Å². The van der Waals surface area contributed by atoms with Crippen LogP contribution in [0.5, 0.6) is 0 Å². The van der Waals surface area contributed by atoms with Crippen LogP contribution in [0.25, 0.3) is 0 Å². The highest BCUT2D eigenvalue weighted by atomic mass is 32.2. The summed E-state index contributed by atoms with van der Waals surface area (Å²) in [5.74, 6) is 0.952. The average molecular weight is 475 g/mol. The first-order valence-electron chi connectivity index (χ1n) is 11.8. The van der Waals surface area contributed by atoms with Crippen molar-refractivity contribution in [3.63, 3.8) is 0 Å². The van der Waals surface area contributed by atoms with Crippen molar-refractivity contribution in [1.82, 2.24) is 10.2 Å². The van der Waals surface area contributed by atoms with Gasteiger partial charge in [0.2, 0.25) is 11.8 Å². The van der Waals surface area contributed by atoms with Crippen LogP contribution in [-0.2, 0) is 28.3 Å². The molecular weight excluding hydrogens is 440 g/mol. The lowest BCUT2D eigenvalue weighted by Gasteiger charge is -2.31. The molecule has 0 spiro atoms. The number of likely N-dealkylation sites (N-methyl/N-ethyl adjacent to an activating group) is 1. The highest BCUT2D eigenvalue weighted by molar-refractivity contribution is 7.99. The van der Waals surface area contributed by atoms with Crippen LogP contribution < -0.4 is 5.32 Å². The van der Waals surface area contributed by atoms with Gasteiger partial charge in [0.15, 0.2) is 0 Å². The first-order valence-corrected chi connectivity index (χ1v) is 12.9. The summed E-state index contributed by atoms with van der Waals surface area (Å²) in [5, 5.41) is 2.95. The second kappa shape index (κ2) is 13.0. The molecule has 0 bridgehead atoms. The molecule has 3 aromatic rings. The molecule has 0 radical (unpaired) electrons. The van der Waals surface area contributed by atoms with Crippen molar-refractivity contribution in [3.8, 4) is 0 Å². The van der Waals surface area contributed by atoms with E-state index < -0.39 is 6.04 Å². The van der Waals surface area contributed by atoms with E-state index in [-0.39, 0.29) is 11.8 Å². The molecule has 0 aliphatic rings. The number of hydrogen-bond donors (Lipinski definition) is 1. The Kier molecular flexibility index (Phi) is 9.77. The maximum atomic E-state index is 13.6. The number of hydrogen-bond acceptors (Lipinski definition) is 3. The van der Waals surface area contributed by atoms with Crippen molar-refractivity contribution in [2.24, 2.45) is 0 Å². The first-order chi connectivity index (χ1) is 16.5. The van der Waals surface area contributed by atoms with Gasteiger partial charge in [0.1, 0.15) is 6.04 Å². The fraction of sp³-hybridized carbons (Fsp3) is 0.310. The molecule has 5 heteroatoms. The summed E-state index contributed by atoms with van der Waals surface area (Å²) in [4.78, 5) is 28.5. The minimum absolute atomic E-state index is 0.0219. The van der Waals surface area contributed by atoms with E-state index in [1.807, 2.05) is 80.6 Å². The number of amides is 2. The van der Waals surface area contributed by atoms with Crippen molar-refractivity contribution in [2.75, 3.05) is 12.3 Å². The highest BCUT2D eigenvalue weighted by Gasteiger charge is 2.30. The number of benzene rings is 3. The Morgan fingerprint density at radius 3 is 2.24 bits per heavy atom. The Morgan fingerprint density at radius 2 is 1.56 bits per heavy atom. The van der Waals surface area contributed by atoms with E-state index in [4.69, 9.17) is 0 Å². The van der Waals surface area contributed by atoms with Gasteiger partial charge in [-0.15, -0.1) is 11.8 Å². The number of nitrogens with one attached hydrogen (secondary N) is 1. The Labute approximate surface area is 207 Å². The van der Waals surface area contributed by atoms with Gasteiger partial charge in [-0.3, -0.25) is 9.59 Å². The molecule has 0 saturated heterocycles. The molecule has 0 unspecified atom stereocenters. The summed E-state index contributed by atoms with van der Waals surface area (Å²) >= 11 is 1.60. The van der Waals surface area contributed by atoms with Crippen LogP contribution >= 0.6 is 11.8 Å². The SMILES string of the molecule is CCNC(=O)[C@@H](Cc1ccccc1)N(Cc1ccc(C)cc1)C(=O)CSCc1ccccc1C. The maximum Gasteiger partial charge on any atom is 0.243 e. The van der Waals surface area contributed by atoms with Crippen LogP contribution in [-0.4, -0.2) is 35.1 Å². The molecule has 0 saturated carbocycles. The number of aryl methyl sites for hydroxylation is 2. The minimum Gasteiger partial charge on any atom is -0.355 e. The van der Waals surface area contributed by atoms with Gasteiger partial charge in [0.05, 0.1) is 5.75 Å². The fourth-order valence-electron chi connectivity index (χ4n) is 3.84. The lowest BCUT2D eigenvalue weighted by atomic mass is 10.0. The van der Waals surface area contributed by atoms with Gasteiger partial charge in [-0.1, -0.05) is 84.4 Å². The van der Waals surface area contributed by atoms with Gasteiger partial charge in [0.25, 0.3) is 0 Å². The predicted molar refractivity (Wildman–Crippen MR) is 142 cm³/mol. The van der Waals surface area contributed by atoms with Gasteiger partial charge < -0.3 is 10.2 Å². The number of carbonyl (C=O) groups excluding carboxylic acids is 2.